The van der Waals surface area contributed by atoms with Gasteiger partial charge in [-0.1, -0.05) is 6.08 Å². The van der Waals surface area contributed by atoms with Gasteiger partial charge in [-0.05, 0) is 49.8 Å². The molecular weight excluding hydrogens is 340 g/mol. The molecular formula is C19H20N8. The Morgan fingerprint density at radius 2 is 2.11 bits per heavy atom. The van der Waals surface area contributed by atoms with Crippen LogP contribution in [0.15, 0.2) is 30.9 Å². The largest absolute Gasteiger partial charge is 0.323 e. The second kappa shape index (κ2) is 6.15. The molecule has 0 saturated heterocycles. The second-order valence-corrected chi connectivity index (χ2v) is 6.93. The second-order valence-electron chi connectivity index (χ2n) is 6.93. The fourth-order valence-electron chi connectivity index (χ4n) is 3.58. The van der Waals surface area contributed by atoms with Crippen LogP contribution in [-0.4, -0.2) is 34.3 Å². The Labute approximate surface area is 156 Å². The van der Waals surface area contributed by atoms with Crippen molar-refractivity contribution in [2.45, 2.75) is 32.6 Å². The van der Waals surface area contributed by atoms with Gasteiger partial charge in [-0.3, -0.25) is 4.68 Å². The van der Waals surface area contributed by atoms with Crippen molar-refractivity contribution >= 4 is 33.9 Å². The van der Waals surface area contributed by atoms with E-state index in [1.54, 1.807) is 10.8 Å². The average molecular weight is 360 g/mol. The Hall–Kier alpha value is -3.29. The molecule has 1 aliphatic rings. The minimum Gasteiger partial charge on any atom is -0.323 e. The summed E-state index contributed by atoms with van der Waals surface area (Å²) < 4.78 is 3.59. The lowest BCUT2D eigenvalue weighted by molar-refractivity contribution is 0.732. The van der Waals surface area contributed by atoms with E-state index in [0.717, 1.165) is 46.5 Å². The molecule has 4 aromatic rings. The number of allylic oxidation sites excluding steroid dienone is 2. The first-order valence-corrected chi connectivity index (χ1v) is 9.15. The van der Waals surface area contributed by atoms with Gasteiger partial charge in [0.1, 0.15) is 23.1 Å². The van der Waals surface area contributed by atoms with Gasteiger partial charge in [-0.15, -0.1) is 0 Å². The van der Waals surface area contributed by atoms with Crippen molar-refractivity contribution < 1.29 is 0 Å². The molecule has 0 amide bonds. The van der Waals surface area contributed by atoms with Crippen LogP contribution >= 0.6 is 0 Å². The topological polar surface area (TPSA) is 85.8 Å². The van der Waals surface area contributed by atoms with Crippen LogP contribution in [0.3, 0.4) is 0 Å². The number of pyridine rings is 1. The molecule has 0 radical (unpaired) electrons. The van der Waals surface area contributed by atoms with Crippen LogP contribution in [0.25, 0.3) is 22.3 Å². The highest BCUT2D eigenvalue weighted by Gasteiger charge is 2.17. The van der Waals surface area contributed by atoms with Crippen molar-refractivity contribution in [3.63, 3.8) is 0 Å². The fraction of sp³-hybridized carbons (Fsp3) is 0.316. The summed E-state index contributed by atoms with van der Waals surface area (Å²) in [6.45, 7) is 2.03. The van der Waals surface area contributed by atoms with E-state index in [4.69, 9.17) is 10.1 Å². The van der Waals surface area contributed by atoms with Crippen LogP contribution in [0.4, 0.5) is 11.6 Å². The molecule has 5 rings (SSSR count). The quantitative estimate of drug-likeness (QED) is 0.602. The molecule has 0 atom stereocenters. The summed E-state index contributed by atoms with van der Waals surface area (Å²) >= 11 is 0. The molecule has 27 heavy (non-hydrogen) atoms. The van der Waals surface area contributed by atoms with Gasteiger partial charge in [0.05, 0.1) is 18.1 Å². The zero-order chi connectivity index (χ0) is 18.4. The number of rotatable bonds is 3. The monoisotopic (exact) mass is 360 g/mol. The molecule has 4 aromatic heterocycles. The van der Waals surface area contributed by atoms with Crippen molar-refractivity contribution in [2.24, 2.45) is 7.05 Å². The van der Waals surface area contributed by atoms with E-state index in [1.165, 1.54) is 18.4 Å². The molecule has 0 saturated carbocycles. The third-order valence-electron chi connectivity index (χ3n) is 5.06. The number of nitrogens with one attached hydrogen (secondary N) is 1. The SMILES string of the molecule is Cc1cc2ncnn2cc1Nc1ncc2c(n1)c(C1=CCCCC1)nn2C. The third kappa shape index (κ3) is 2.73. The fourth-order valence-corrected chi connectivity index (χ4v) is 3.58. The van der Waals surface area contributed by atoms with E-state index in [2.05, 4.69) is 26.5 Å². The van der Waals surface area contributed by atoms with Gasteiger partial charge in [0, 0.05) is 7.05 Å². The lowest BCUT2D eigenvalue weighted by Gasteiger charge is -2.11. The van der Waals surface area contributed by atoms with Crippen molar-refractivity contribution in [1.29, 1.82) is 0 Å². The molecule has 0 fully saturated rings. The van der Waals surface area contributed by atoms with Gasteiger partial charge in [0.2, 0.25) is 5.95 Å². The van der Waals surface area contributed by atoms with Crippen LogP contribution in [0.2, 0.25) is 0 Å². The lowest BCUT2D eigenvalue weighted by Crippen LogP contribution is -2.02. The summed E-state index contributed by atoms with van der Waals surface area (Å²) in [7, 11) is 1.94. The number of hydrogen-bond acceptors (Lipinski definition) is 6. The first kappa shape index (κ1) is 15.9. The number of hydrogen-bond donors (Lipinski definition) is 1. The molecule has 0 bridgehead atoms. The van der Waals surface area contributed by atoms with Crippen LogP contribution < -0.4 is 5.32 Å². The first-order chi connectivity index (χ1) is 13.2. The predicted molar refractivity (Wildman–Crippen MR) is 104 cm³/mol. The van der Waals surface area contributed by atoms with Gasteiger partial charge in [0.25, 0.3) is 0 Å². The van der Waals surface area contributed by atoms with E-state index in [1.807, 2.05) is 37.1 Å². The standard InChI is InChI=1S/C19H20N8/c1-12-8-16-21-11-22-27(16)10-14(12)23-19-20-9-15-18(24-19)17(25-26(15)2)13-6-4-3-5-7-13/h6,8-11H,3-5,7H2,1-2H3,(H,20,23,24). The van der Waals surface area contributed by atoms with Gasteiger partial charge in [-0.25, -0.2) is 19.5 Å². The highest BCUT2D eigenvalue weighted by atomic mass is 15.3. The molecule has 0 aromatic carbocycles. The summed E-state index contributed by atoms with van der Waals surface area (Å²) in [5, 5.41) is 12.2. The van der Waals surface area contributed by atoms with E-state index in [0.29, 0.717) is 5.95 Å². The third-order valence-corrected chi connectivity index (χ3v) is 5.06. The smallest absolute Gasteiger partial charge is 0.227 e. The van der Waals surface area contributed by atoms with Crippen molar-refractivity contribution in [3.8, 4) is 0 Å². The number of aromatic nitrogens is 7. The highest BCUT2D eigenvalue weighted by molar-refractivity contribution is 5.88. The average Bonchev–Trinajstić information content (AvgIpc) is 3.26. The highest BCUT2D eigenvalue weighted by Crippen LogP contribution is 2.30. The number of anilines is 2. The molecule has 0 aliphatic heterocycles. The van der Waals surface area contributed by atoms with Crippen molar-refractivity contribution in [2.75, 3.05) is 5.32 Å². The normalized spacial score (nSPS) is 14.7. The van der Waals surface area contributed by atoms with Gasteiger partial charge in [-0.2, -0.15) is 10.2 Å². The molecule has 0 unspecified atom stereocenters. The Balaban J connectivity index is 1.57. The maximum atomic E-state index is 4.78. The predicted octanol–water partition coefficient (Wildman–Crippen LogP) is 3.42. The molecule has 4 heterocycles. The zero-order valence-electron chi connectivity index (χ0n) is 15.3. The molecule has 1 aliphatic carbocycles. The van der Waals surface area contributed by atoms with Crippen molar-refractivity contribution in [1.82, 2.24) is 34.3 Å². The van der Waals surface area contributed by atoms with Crippen LogP contribution in [-0.2, 0) is 7.05 Å². The van der Waals surface area contributed by atoms with Crippen LogP contribution in [0.1, 0.15) is 36.9 Å². The summed E-state index contributed by atoms with van der Waals surface area (Å²) in [6, 6.07) is 1.98. The Kier molecular flexibility index (Phi) is 3.63. The minimum atomic E-state index is 0.552. The maximum Gasteiger partial charge on any atom is 0.227 e. The van der Waals surface area contributed by atoms with Gasteiger partial charge < -0.3 is 5.32 Å². The first-order valence-electron chi connectivity index (χ1n) is 9.15. The Bertz CT molecular complexity index is 1180. The van der Waals surface area contributed by atoms with E-state index in [-0.39, 0.29) is 0 Å². The Morgan fingerprint density at radius 1 is 1.19 bits per heavy atom. The van der Waals surface area contributed by atoms with Crippen LogP contribution in [0, 0.1) is 6.92 Å². The molecule has 8 nitrogen and oxygen atoms in total. The Morgan fingerprint density at radius 3 is 2.96 bits per heavy atom. The summed E-state index contributed by atoms with van der Waals surface area (Å²) in [6.07, 6.45) is 12.2. The van der Waals surface area contributed by atoms with Gasteiger partial charge in [0.15, 0.2) is 5.65 Å². The molecule has 136 valence electrons. The maximum absolute atomic E-state index is 4.78. The van der Waals surface area contributed by atoms with Crippen molar-refractivity contribution in [3.05, 3.63) is 42.1 Å². The molecule has 8 heteroatoms. The summed E-state index contributed by atoms with van der Waals surface area (Å²) in [4.78, 5) is 13.5. The summed E-state index contributed by atoms with van der Waals surface area (Å²) in [5.74, 6) is 0.552. The molecule has 0 spiro atoms. The van der Waals surface area contributed by atoms with E-state index >= 15 is 0 Å². The van der Waals surface area contributed by atoms with E-state index in [9.17, 15) is 0 Å². The zero-order valence-corrected chi connectivity index (χ0v) is 15.3. The van der Waals surface area contributed by atoms with E-state index < -0.39 is 0 Å². The lowest BCUT2D eigenvalue weighted by atomic mass is 9.97. The molecule has 1 N–H and O–H groups in total. The minimum absolute atomic E-state index is 0.552. The van der Waals surface area contributed by atoms with Crippen LogP contribution in [0.5, 0.6) is 0 Å². The number of nitrogens with zero attached hydrogens (tertiary/aromatic N) is 7. The number of aryl methyl sites for hydroxylation is 2. The summed E-state index contributed by atoms with van der Waals surface area (Å²) in [5.41, 5.74) is 6.86. The number of fused-ring (bicyclic) bond motifs is 2. The van der Waals surface area contributed by atoms with Gasteiger partial charge >= 0.3 is 0 Å².